The van der Waals surface area contributed by atoms with Crippen LogP contribution in [0.4, 0.5) is 5.69 Å². The van der Waals surface area contributed by atoms with Crippen LogP contribution in [0.15, 0.2) is 30.3 Å². The number of aromatic hydroxyl groups is 1. The molecule has 2 aromatic rings. The third kappa shape index (κ3) is 4.84. The highest BCUT2D eigenvalue weighted by atomic mass is 35.5. The number of hydrogen-bond donors (Lipinski definition) is 4. The van der Waals surface area contributed by atoms with Gasteiger partial charge >= 0.3 is 0 Å². The number of nitrogens with zero attached hydrogens (tertiary/aromatic N) is 2. The molecular weight excluding hydrogens is 576 g/mol. The second kappa shape index (κ2) is 11.1. The smallest absolute Gasteiger partial charge is 0.235 e. The number of likely N-dealkylation sites (N-methyl/N-ethyl adjacent to an activating group) is 1. The molecule has 2 unspecified atom stereocenters. The number of halogens is 1. The SMILES string of the molecule is CN(C)c1cc(CNCc2ccc(Cl)cc2)c(O)c2c1C[C@H]1C[C@H]3[C@@H](N(C)C)C(=O)C(C(N)=O)C(=O)[C@@]3(O)C(=O)C1C2=O. The Hall–Kier alpha value is -3.64. The number of nitrogens with two attached hydrogens (primary N) is 1. The fourth-order valence-electron chi connectivity index (χ4n) is 7.18. The zero-order chi connectivity index (χ0) is 31.5. The lowest BCUT2D eigenvalue weighted by molar-refractivity contribution is -0.181. The molecule has 0 bridgehead atoms. The normalized spacial score (nSPS) is 28.4. The minimum Gasteiger partial charge on any atom is -0.507 e. The van der Waals surface area contributed by atoms with Crippen molar-refractivity contribution in [2.45, 2.75) is 37.6 Å². The van der Waals surface area contributed by atoms with Crippen LogP contribution in [0.5, 0.6) is 5.75 Å². The number of amides is 1. The number of carbonyl (C=O) groups excluding carboxylic acids is 5. The van der Waals surface area contributed by atoms with Crippen molar-refractivity contribution in [3.63, 3.8) is 0 Å². The Balaban J connectivity index is 1.54. The molecule has 5 N–H and O–H groups in total. The number of benzene rings is 2. The lowest BCUT2D eigenvalue weighted by Crippen LogP contribution is -2.74. The van der Waals surface area contributed by atoms with Gasteiger partial charge in [0.05, 0.1) is 17.5 Å². The van der Waals surface area contributed by atoms with E-state index in [4.69, 9.17) is 17.3 Å². The monoisotopic (exact) mass is 610 g/mol. The number of fused-ring (bicyclic) bond motifs is 3. The fraction of sp³-hybridized carbons (Fsp3) is 0.452. The van der Waals surface area contributed by atoms with Crippen LogP contribution in [0.1, 0.15) is 33.5 Å². The summed E-state index contributed by atoms with van der Waals surface area (Å²) in [5.41, 5.74) is 5.24. The van der Waals surface area contributed by atoms with E-state index in [1.807, 2.05) is 31.1 Å². The number of hydrogen-bond acceptors (Lipinski definition) is 10. The van der Waals surface area contributed by atoms with Crippen LogP contribution in [0.3, 0.4) is 0 Å². The van der Waals surface area contributed by atoms with Crippen molar-refractivity contribution in [1.29, 1.82) is 0 Å². The van der Waals surface area contributed by atoms with E-state index in [1.54, 1.807) is 32.3 Å². The van der Waals surface area contributed by atoms with E-state index in [0.29, 0.717) is 28.4 Å². The van der Waals surface area contributed by atoms with Crippen molar-refractivity contribution in [3.05, 3.63) is 57.6 Å². The van der Waals surface area contributed by atoms with Gasteiger partial charge in [-0.2, -0.15) is 0 Å². The highest BCUT2D eigenvalue weighted by Gasteiger charge is 2.69. The van der Waals surface area contributed by atoms with Gasteiger partial charge in [-0.3, -0.25) is 28.9 Å². The molecule has 0 aliphatic heterocycles. The number of primary amides is 1. The topological polar surface area (TPSA) is 170 Å². The van der Waals surface area contributed by atoms with E-state index in [1.165, 1.54) is 4.90 Å². The van der Waals surface area contributed by atoms with Crippen LogP contribution in [-0.4, -0.2) is 84.0 Å². The number of nitrogens with one attached hydrogen (secondary N) is 1. The number of anilines is 1. The summed E-state index contributed by atoms with van der Waals surface area (Å²) in [5.74, 6) is -10.6. The number of phenols is 1. The summed E-state index contributed by atoms with van der Waals surface area (Å²) < 4.78 is 0. The third-order valence-electron chi connectivity index (χ3n) is 9.16. The first-order valence-electron chi connectivity index (χ1n) is 14.0. The summed E-state index contributed by atoms with van der Waals surface area (Å²) in [6, 6.07) is 7.93. The maximum Gasteiger partial charge on any atom is 0.235 e. The van der Waals surface area contributed by atoms with E-state index in [9.17, 15) is 34.2 Å². The van der Waals surface area contributed by atoms with E-state index in [-0.39, 0.29) is 30.7 Å². The minimum atomic E-state index is -2.76. The summed E-state index contributed by atoms with van der Waals surface area (Å²) in [6.45, 7) is 0.667. The van der Waals surface area contributed by atoms with Crippen LogP contribution in [-0.2, 0) is 38.7 Å². The fourth-order valence-corrected chi connectivity index (χ4v) is 7.31. The first kappa shape index (κ1) is 30.8. The molecule has 2 saturated carbocycles. The molecule has 0 spiro atoms. The number of carbonyl (C=O) groups is 5. The lowest BCUT2D eigenvalue weighted by Gasteiger charge is -2.52. The van der Waals surface area contributed by atoms with E-state index >= 15 is 0 Å². The largest absolute Gasteiger partial charge is 0.507 e. The van der Waals surface area contributed by atoms with Crippen LogP contribution in [0.2, 0.25) is 5.02 Å². The highest BCUT2D eigenvalue weighted by molar-refractivity contribution is 6.32. The highest BCUT2D eigenvalue weighted by Crippen LogP contribution is 2.52. The van der Waals surface area contributed by atoms with Gasteiger partial charge in [0.15, 0.2) is 34.7 Å². The van der Waals surface area contributed by atoms with Crippen LogP contribution in [0.25, 0.3) is 0 Å². The van der Waals surface area contributed by atoms with E-state index in [0.717, 1.165) is 5.56 Å². The van der Waals surface area contributed by atoms with E-state index < -0.39 is 64.4 Å². The van der Waals surface area contributed by atoms with Gasteiger partial charge in [0, 0.05) is 49.4 Å². The van der Waals surface area contributed by atoms with Crippen molar-refractivity contribution in [3.8, 4) is 5.75 Å². The van der Waals surface area contributed by atoms with Crippen LogP contribution in [0, 0.1) is 23.7 Å². The number of Topliss-reactive ketones (excluding diaryl/α,β-unsaturated/α-hetero) is 4. The molecule has 2 aromatic carbocycles. The predicted molar refractivity (Wildman–Crippen MR) is 158 cm³/mol. The summed E-state index contributed by atoms with van der Waals surface area (Å²) >= 11 is 5.97. The lowest BCUT2D eigenvalue weighted by atomic mass is 9.52. The van der Waals surface area contributed by atoms with Gasteiger partial charge in [-0.25, -0.2) is 0 Å². The molecule has 228 valence electrons. The average Bonchev–Trinajstić information content (AvgIpc) is 2.92. The number of aliphatic hydroxyl groups is 1. The molecule has 0 aromatic heterocycles. The Bertz CT molecular complexity index is 1540. The summed E-state index contributed by atoms with van der Waals surface area (Å²) in [7, 11) is 6.73. The van der Waals surface area contributed by atoms with Gasteiger partial charge in [-0.15, -0.1) is 0 Å². The second-order valence-electron chi connectivity index (χ2n) is 12.2. The zero-order valence-corrected chi connectivity index (χ0v) is 25.1. The molecule has 0 saturated heterocycles. The summed E-state index contributed by atoms with van der Waals surface area (Å²) in [4.78, 5) is 70.4. The molecule has 3 aliphatic rings. The van der Waals surface area contributed by atoms with Gasteiger partial charge in [0.2, 0.25) is 5.91 Å². The molecule has 0 radical (unpaired) electrons. The van der Waals surface area contributed by atoms with Crippen molar-refractivity contribution in [1.82, 2.24) is 10.2 Å². The number of ketones is 4. The molecule has 5 rings (SSSR count). The van der Waals surface area contributed by atoms with Crippen molar-refractivity contribution >= 4 is 46.3 Å². The standard InChI is InChI=1S/C31H35ClN4O7/c1-35(2)20-11-16(13-34-12-14-5-7-17(32)8-6-14)25(37)22-18(20)9-15-10-19-24(36(3)4)27(39)23(30(33)42)29(41)31(19,43)28(40)21(15)26(22)38/h5-8,11,15,19,21,23-24,34,37,43H,9-10,12-13H2,1-4H3,(H2,33,42)/t15-,19-,21?,23?,24+,31-/m0/s1. The quantitative estimate of drug-likeness (QED) is 0.330. The van der Waals surface area contributed by atoms with Gasteiger partial charge in [-0.1, -0.05) is 23.7 Å². The molecular formula is C31H35ClN4O7. The molecule has 0 heterocycles. The zero-order valence-electron chi connectivity index (χ0n) is 24.4. The molecule has 43 heavy (non-hydrogen) atoms. The number of rotatable bonds is 7. The van der Waals surface area contributed by atoms with Crippen LogP contribution < -0.4 is 16.0 Å². The molecule has 3 aliphatic carbocycles. The van der Waals surface area contributed by atoms with Crippen molar-refractivity contribution in [2.75, 3.05) is 33.1 Å². The maximum atomic E-state index is 14.1. The van der Waals surface area contributed by atoms with Gasteiger partial charge in [0.1, 0.15) is 5.75 Å². The number of phenolic OH excluding ortho intramolecular Hbond substituents is 1. The van der Waals surface area contributed by atoms with E-state index in [2.05, 4.69) is 5.32 Å². The first-order valence-corrected chi connectivity index (χ1v) is 14.4. The Morgan fingerprint density at radius 2 is 1.72 bits per heavy atom. The average molecular weight is 611 g/mol. The van der Waals surface area contributed by atoms with Crippen LogP contribution >= 0.6 is 11.6 Å². The molecule has 2 fully saturated rings. The third-order valence-corrected chi connectivity index (χ3v) is 9.41. The minimum absolute atomic E-state index is 0.00191. The Morgan fingerprint density at radius 3 is 2.30 bits per heavy atom. The van der Waals surface area contributed by atoms with Crippen molar-refractivity contribution in [2.24, 2.45) is 29.4 Å². The Morgan fingerprint density at radius 1 is 1.07 bits per heavy atom. The maximum absolute atomic E-state index is 14.1. The summed E-state index contributed by atoms with van der Waals surface area (Å²) in [5, 5.41) is 27.0. The molecule has 11 nitrogen and oxygen atoms in total. The molecule has 6 atom stereocenters. The summed E-state index contributed by atoms with van der Waals surface area (Å²) in [6.07, 6.45) is 0.202. The Kier molecular flexibility index (Phi) is 7.97. The second-order valence-corrected chi connectivity index (χ2v) is 12.6. The Labute approximate surface area is 254 Å². The molecule has 12 heteroatoms. The first-order chi connectivity index (χ1) is 20.2. The van der Waals surface area contributed by atoms with Gasteiger partial charge in [-0.05, 0) is 62.2 Å². The van der Waals surface area contributed by atoms with Crippen molar-refractivity contribution < 1.29 is 34.2 Å². The van der Waals surface area contributed by atoms with Gasteiger partial charge < -0.3 is 26.2 Å². The molecule has 1 amide bonds. The van der Waals surface area contributed by atoms with Gasteiger partial charge in [0.25, 0.3) is 0 Å². The predicted octanol–water partition coefficient (Wildman–Crippen LogP) is 0.876.